The number of hydrogen-bond acceptors (Lipinski definition) is 3. The van der Waals surface area contributed by atoms with Gasteiger partial charge in [0.05, 0.1) is 6.04 Å². The van der Waals surface area contributed by atoms with Gasteiger partial charge in [0.25, 0.3) is 5.91 Å². The number of carbonyl (C=O) groups excluding carboxylic acids is 2. The predicted octanol–water partition coefficient (Wildman–Crippen LogP) is 3.46. The summed E-state index contributed by atoms with van der Waals surface area (Å²) in [5.41, 5.74) is 2.01. The molecule has 5 nitrogen and oxygen atoms in total. The number of nitrogens with zero attached hydrogens (tertiary/aromatic N) is 1. The van der Waals surface area contributed by atoms with Crippen molar-refractivity contribution in [3.05, 3.63) is 48.2 Å². The first kappa shape index (κ1) is 22.2. The van der Waals surface area contributed by atoms with Crippen LogP contribution in [-0.2, 0) is 9.59 Å². The predicted molar refractivity (Wildman–Crippen MR) is 115 cm³/mol. The summed E-state index contributed by atoms with van der Waals surface area (Å²) in [6.45, 7) is 11.6. The van der Waals surface area contributed by atoms with E-state index in [0.717, 1.165) is 49.9 Å². The van der Waals surface area contributed by atoms with E-state index in [1.807, 2.05) is 31.2 Å². The summed E-state index contributed by atoms with van der Waals surface area (Å²) in [7, 11) is 0. The monoisotopic (exact) mass is 385 g/mol. The molecule has 0 aromatic carbocycles. The highest BCUT2D eigenvalue weighted by molar-refractivity contribution is 5.90. The quantitative estimate of drug-likeness (QED) is 0.629. The summed E-state index contributed by atoms with van der Waals surface area (Å²) in [4.78, 5) is 27.1. The summed E-state index contributed by atoms with van der Waals surface area (Å²) >= 11 is 0. The summed E-state index contributed by atoms with van der Waals surface area (Å²) in [6.07, 6.45) is 13.9. The molecule has 28 heavy (non-hydrogen) atoms. The molecule has 0 aliphatic carbocycles. The lowest BCUT2D eigenvalue weighted by Crippen LogP contribution is -2.49. The van der Waals surface area contributed by atoms with Gasteiger partial charge in [-0.3, -0.25) is 9.59 Å². The van der Waals surface area contributed by atoms with Gasteiger partial charge in [-0.05, 0) is 56.7 Å². The van der Waals surface area contributed by atoms with E-state index < -0.39 is 0 Å². The SMILES string of the molecule is C=CC1=C(/C=C\C)N(C(=O)/C=C/[C@H](CC(C)C)NC(=O)C2CCCCN2)CC1. The number of hydrogen-bond donors (Lipinski definition) is 2. The third-order valence-corrected chi connectivity index (χ3v) is 5.21. The van der Waals surface area contributed by atoms with Crippen LogP contribution in [0.1, 0.15) is 52.9 Å². The molecule has 5 heteroatoms. The summed E-state index contributed by atoms with van der Waals surface area (Å²) in [5.74, 6) is 0.401. The summed E-state index contributed by atoms with van der Waals surface area (Å²) < 4.78 is 0. The number of carbonyl (C=O) groups is 2. The second-order valence-corrected chi connectivity index (χ2v) is 7.96. The number of amides is 2. The maximum absolute atomic E-state index is 12.8. The van der Waals surface area contributed by atoms with E-state index >= 15 is 0 Å². The minimum Gasteiger partial charge on any atom is -0.349 e. The van der Waals surface area contributed by atoms with Crippen LogP contribution in [0.4, 0.5) is 0 Å². The molecule has 2 atom stereocenters. The lowest BCUT2D eigenvalue weighted by molar-refractivity contribution is -0.125. The van der Waals surface area contributed by atoms with Gasteiger partial charge in [-0.15, -0.1) is 0 Å². The Hall–Kier alpha value is -2.14. The molecule has 1 fully saturated rings. The van der Waals surface area contributed by atoms with E-state index in [0.29, 0.717) is 12.5 Å². The van der Waals surface area contributed by atoms with Crippen LogP contribution in [0.2, 0.25) is 0 Å². The van der Waals surface area contributed by atoms with Crippen molar-refractivity contribution in [3.8, 4) is 0 Å². The molecule has 0 bridgehead atoms. The molecule has 2 N–H and O–H groups in total. The second-order valence-electron chi connectivity index (χ2n) is 7.96. The van der Waals surface area contributed by atoms with Crippen LogP contribution in [0.15, 0.2) is 48.2 Å². The van der Waals surface area contributed by atoms with Crippen molar-refractivity contribution in [2.75, 3.05) is 13.1 Å². The third kappa shape index (κ3) is 6.20. The van der Waals surface area contributed by atoms with Gasteiger partial charge in [0.15, 0.2) is 0 Å². The van der Waals surface area contributed by atoms with E-state index in [9.17, 15) is 9.59 Å². The number of allylic oxidation sites excluding steroid dienone is 3. The standard InChI is InChI=1S/C23H35N3O2/c1-5-9-21-18(6-2)13-15-26(21)22(27)12-11-19(16-17(3)4)25-23(28)20-10-7-8-14-24-20/h5-6,9,11-12,17,19-20,24H,2,7-8,10,13-16H2,1,3-4H3,(H,25,28)/b9-5-,12-11+/t19-,20?/m1/s1. The molecular formula is C23H35N3O2. The smallest absolute Gasteiger partial charge is 0.250 e. The van der Waals surface area contributed by atoms with Crippen molar-refractivity contribution in [1.82, 2.24) is 15.5 Å². The third-order valence-electron chi connectivity index (χ3n) is 5.21. The Labute approximate surface area is 169 Å². The zero-order valence-corrected chi connectivity index (χ0v) is 17.5. The fourth-order valence-electron chi connectivity index (χ4n) is 3.79. The molecule has 1 unspecified atom stereocenters. The highest BCUT2D eigenvalue weighted by atomic mass is 16.2. The van der Waals surface area contributed by atoms with Gasteiger partial charge in [0.1, 0.15) is 0 Å². The minimum absolute atomic E-state index is 0.0343. The topological polar surface area (TPSA) is 61.4 Å². The molecule has 2 rings (SSSR count). The molecular weight excluding hydrogens is 350 g/mol. The Bertz CT molecular complexity index is 655. The molecule has 0 radical (unpaired) electrons. The maximum atomic E-state index is 12.8. The van der Waals surface area contributed by atoms with Crippen molar-refractivity contribution >= 4 is 11.8 Å². The Morgan fingerprint density at radius 1 is 1.36 bits per heavy atom. The van der Waals surface area contributed by atoms with Gasteiger partial charge in [-0.1, -0.05) is 45.1 Å². The van der Waals surface area contributed by atoms with Gasteiger partial charge >= 0.3 is 0 Å². The first-order valence-electron chi connectivity index (χ1n) is 10.5. The lowest BCUT2D eigenvalue weighted by atomic mass is 10.0. The highest BCUT2D eigenvalue weighted by Crippen LogP contribution is 2.25. The number of rotatable bonds is 8. The maximum Gasteiger partial charge on any atom is 0.250 e. The fraction of sp³-hybridized carbons (Fsp3) is 0.565. The minimum atomic E-state index is -0.143. The lowest BCUT2D eigenvalue weighted by Gasteiger charge is -2.25. The molecule has 2 aliphatic rings. The zero-order valence-electron chi connectivity index (χ0n) is 17.5. The van der Waals surface area contributed by atoms with Crippen LogP contribution in [-0.4, -0.2) is 41.9 Å². The average Bonchev–Trinajstić information content (AvgIpc) is 3.09. The van der Waals surface area contributed by atoms with Crippen molar-refractivity contribution in [3.63, 3.8) is 0 Å². The molecule has 1 saturated heterocycles. The van der Waals surface area contributed by atoms with E-state index in [-0.39, 0.29) is 23.9 Å². The van der Waals surface area contributed by atoms with Gasteiger partial charge in [-0.25, -0.2) is 0 Å². The van der Waals surface area contributed by atoms with Crippen LogP contribution in [0.3, 0.4) is 0 Å². The second kappa shape index (κ2) is 11.0. The van der Waals surface area contributed by atoms with Crippen LogP contribution in [0.5, 0.6) is 0 Å². The molecule has 2 aliphatic heterocycles. The van der Waals surface area contributed by atoms with Gasteiger partial charge in [-0.2, -0.15) is 0 Å². The normalized spacial score (nSPS) is 21.7. The van der Waals surface area contributed by atoms with E-state index in [2.05, 4.69) is 31.1 Å². The average molecular weight is 386 g/mol. The van der Waals surface area contributed by atoms with E-state index in [1.54, 1.807) is 11.0 Å². The molecule has 2 amide bonds. The Balaban J connectivity index is 2.05. The van der Waals surface area contributed by atoms with Crippen molar-refractivity contribution in [2.24, 2.45) is 5.92 Å². The Morgan fingerprint density at radius 2 is 2.14 bits per heavy atom. The molecule has 2 heterocycles. The van der Waals surface area contributed by atoms with Crippen molar-refractivity contribution < 1.29 is 9.59 Å². The largest absolute Gasteiger partial charge is 0.349 e. The Kier molecular flexibility index (Phi) is 8.71. The van der Waals surface area contributed by atoms with Crippen LogP contribution >= 0.6 is 0 Å². The van der Waals surface area contributed by atoms with Crippen molar-refractivity contribution in [1.29, 1.82) is 0 Å². The first-order chi connectivity index (χ1) is 13.5. The van der Waals surface area contributed by atoms with Crippen molar-refractivity contribution in [2.45, 2.75) is 65.0 Å². The summed E-state index contributed by atoms with van der Waals surface area (Å²) in [5, 5.41) is 6.40. The number of nitrogens with one attached hydrogen (secondary N) is 2. The van der Waals surface area contributed by atoms with Gasteiger partial charge in [0, 0.05) is 24.4 Å². The summed E-state index contributed by atoms with van der Waals surface area (Å²) in [6, 6.07) is -0.263. The molecule has 0 saturated carbocycles. The van der Waals surface area contributed by atoms with E-state index in [1.165, 1.54) is 0 Å². The highest BCUT2D eigenvalue weighted by Gasteiger charge is 2.25. The van der Waals surface area contributed by atoms with E-state index in [4.69, 9.17) is 0 Å². The first-order valence-corrected chi connectivity index (χ1v) is 10.5. The molecule has 0 spiro atoms. The molecule has 0 aromatic rings. The van der Waals surface area contributed by atoms with Gasteiger partial charge in [0.2, 0.25) is 5.91 Å². The zero-order chi connectivity index (χ0) is 20.5. The van der Waals surface area contributed by atoms with Gasteiger partial charge < -0.3 is 15.5 Å². The van der Waals surface area contributed by atoms with Crippen LogP contribution in [0.25, 0.3) is 0 Å². The van der Waals surface area contributed by atoms with Crippen LogP contribution < -0.4 is 10.6 Å². The number of piperidine rings is 1. The molecule has 154 valence electrons. The van der Waals surface area contributed by atoms with Crippen LogP contribution in [0, 0.1) is 5.92 Å². The fourth-order valence-corrected chi connectivity index (χ4v) is 3.79. The molecule has 0 aromatic heterocycles. The Morgan fingerprint density at radius 3 is 2.75 bits per heavy atom.